The zero-order valence-electron chi connectivity index (χ0n) is 13.8. The van der Waals surface area contributed by atoms with Crippen LogP contribution in [-0.4, -0.2) is 19.9 Å². The summed E-state index contributed by atoms with van der Waals surface area (Å²) < 4.78 is 13.5. The zero-order valence-corrected chi connectivity index (χ0v) is 13.8. The van der Waals surface area contributed by atoms with Gasteiger partial charge in [-0.1, -0.05) is 6.07 Å². The van der Waals surface area contributed by atoms with Gasteiger partial charge in [0, 0.05) is 41.2 Å². The van der Waals surface area contributed by atoms with Gasteiger partial charge in [0.05, 0.1) is 10.4 Å². The van der Waals surface area contributed by atoms with Gasteiger partial charge in [-0.2, -0.15) is 0 Å². The molecule has 0 spiro atoms. The number of anilines is 2. The van der Waals surface area contributed by atoms with Crippen LogP contribution in [-0.2, 0) is 0 Å². The fourth-order valence-corrected chi connectivity index (χ4v) is 2.66. The van der Waals surface area contributed by atoms with E-state index in [0.717, 1.165) is 5.56 Å². The number of halogens is 1. The van der Waals surface area contributed by atoms with E-state index in [1.165, 1.54) is 24.3 Å². The number of hydrogen-bond acceptors (Lipinski definition) is 6. The smallest absolute Gasteiger partial charge is 0.270 e. The van der Waals surface area contributed by atoms with Gasteiger partial charge in [0.1, 0.15) is 11.6 Å². The van der Waals surface area contributed by atoms with E-state index in [2.05, 4.69) is 20.3 Å². The van der Waals surface area contributed by atoms with Crippen molar-refractivity contribution >= 4 is 28.1 Å². The first-order valence-electron chi connectivity index (χ1n) is 7.99. The summed E-state index contributed by atoms with van der Waals surface area (Å²) in [5, 5.41) is 14.6. The molecule has 0 bridgehead atoms. The van der Waals surface area contributed by atoms with E-state index in [0.29, 0.717) is 28.2 Å². The van der Waals surface area contributed by atoms with Crippen LogP contribution in [0.1, 0.15) is 0 Å². The highest BCUT2D eigenvalue weighted by Crippen LogP contribution is 2.30. The molecule has 8 heteroatoms. The number of benzene rings is 2. The van der Waals surface area contributed by atoms with Crippen molar-refractivity contribution in [3.05, 3.63) is 82.9 Å². The number of aromatic nitrogens is 3. The van der Waals surface area contributed by atoms with Gasteiger partial charge in [0.2, 0.25) is 0 Å². The van der Waals surface area contributed by atoms with Crippen molar-refractivity contribution in [2.75, 3.05) is 5.32 Å². The Kier molecular flexibility index (Phi) is 4.13. The highest BCUT2D eigenvalue weighted by Gasteiger charge is 2.14. The number of non-ortho nitro benzene ring substituents is 1. The SMILES string of the molecule is O=[N+]([O-])c1ccc2nc(-c3ccncc3)nc(Nc3cccc(F)c3)c2c1. The lowest BCUT2D eigenvalue weighted by Gasteiger charge is -2.11. The first kappa shape index (κ1) is 16.5. The topological polar surface area (TPSA) is 93.8 Å². The van der Waals surface area contributed by atoms with E-state index in [1.54, 1.807) is 42.7 Å². The van der Waals surface area contributed by atoms with Gasteiger partial charge in [-0.25, -0.2) is 14.4 Å². The summed E-state index contributed by atoms with van der Waals surface area (Å²) in [7, 11) is 0. The molecular weight excluding hydrogens is 349 g/mol. The number of nitro benzene ring substituents is 1. The molecule has 4 rings (SSSR count). The normalized spacial score (nSPS) is 10.7. The fraction of sp³-hybridized carbons (Fsp3) is 0. The zero-order chi connectivity index (χ0) is 18.8. The quantitative estimate of drug-likeness (QED) is 0.425. The van der Waals surface area contributed by atoms with Gasteiger partial charge in [-0.15, -0.1) is 0 Å². The highest BCUT2D eigenvalue weighted by atomic mass is 19.1. The molecule has 7 nitrogen and oxygen atoms in total. The van der Waals surface area contributed by atoms with Crippen molar-refractivity contribution in [1.82, 2.24) is 15.0 Å². The van der Waals surface area contributed by atoms with Crippen molar-refractivity contribution in [3.8, 4) is 11.4 Å². The van der Waals surface area contributed by atoms with E-state index in [1.807, 2.05) is 0 Å². The second-order valence-corrected chi connectivity index (χ2v) is 5.73. The van der Waals surface area contributed by atoms with Gasteiger partial charge in [0.25, 0.3) is 5.69 Å². The standard InChI is InChI=1S/C19H12FN5O2/c20-13-2-1-3-14(10-13)22-19-16-11-15(25(26)27)4-5-17(16)23-18(24-19)12-6-8-21-9-7-12/h1-11H,(H,22,23,24). The lowest BCUT2D eigenvalue weighted by atomic mass is 10.1. The summed E-state index contributed by atoms with van der Waals surface area (Å²) in [6, 6.07) is 13.8. The summed E-state index contributed by atoms with van der Waals surface area (Å²) in [5.41, 5.74) is 1.67. The molecular formula is C19H12FN5O2. The molecule has 2 aromatic heterocycles. The molecule has 0 amide bonds. The maximum atomic E-state index is 13.5. The van der Waals surface area contributed by atoms with Crippen LogP contribution in [0, 0.1) is 15.9 Å². The second kappa shape index (κ2) is 6.75. The Hall–Kier alpha value is -3.94. The van der Waals surface area contributed by atoms with Crippen LogP contribution in [0.15, 0.2) is 67.0 Å². The number of hydrogen-bond donors (Lipinski definition) is 1. The van der Waals surface area contributed by atoms with E-state index < -0.39 is 10.7 Å². The summed E-state index contributed by atoms with van der Waals surface area (Å²) >= 11 is 0. The number of nitrogens with one attached hydrogen (secondary N) is 1. The lowest BCUT2D eigenvalue weighted by Crippen LogP contribution is -2.00. The van der Waals surface area contributed by atoms with Gasteiger partial charge < -0.3 is 5.32 Å². The van der Waals surface area contributed by atoms with E-state index in [9.17, 15) is 14.5 Å². The Morgan fingerprint density at radius 3 is 2.56 bits per heavy atom. The Morgan fingerprint density at radius 1 is 1.00 bits per heavy atom. The Labute approximate surface area is 152 Å². The maximum Gasteiger partial charge on any atom is 0.270 e. The molecule has 4 aromatic rings. The third-order valence-electron chi connectivity index (χ3n) is 3.92. The largest absolute Gasteiger partial charge is 0.340 e. The number of rotatable bonds is 4. The molecule has 0 fully saturated rings. The maximum absolute atomic E-state index is 13.5. The second-order valence-electron chi connectivity index (χ2n) is 5.73. The number of fused-ring (bicyclic) bond motifs is 1. The average molecular weight is 361 g/mol. The van der Waals surface area contributed by atoms with E-state index in [4.69, 9.17) is 0 Å². The van der Waals surface area contributed by atoms with Crippen LogP contribution in [0.25, 0.3) is 22.3 Å². The van der Waals surface area contributed by atoms with Crippen molar-refractivity contribution in [2.45, 2.75) is 0 Å². The molecule has 0 aliphatic rings. The first-order valence-corrected chi connectivity index (χ1v) is 7.99. The van der Waals surface area contributed by atoms with Crippen LogP contribution in [0.5, 0.6) is 0 Å². The van der Waals surface area contributed by atoms with Crippen LogP contribution in [0.4, 0.5) is 21.6 Å². The molecule has 0 aliphatic carbocycles. The first-order chi connectivity index (χ1) is 13.1. The predicted octanol–water partition coefficient (Wildman–Crippen LogP) is 4.48. The molecule has 0 atom stereocenters. The molecule has 2 aromatic carbocycles. The molecule has 1 N–H and O–H groups in total. The van der Waals surface area contributed by atoms with E-state index >= 15 is 0 Å². The number of pyridine rings is 1. The predicted molar refractivity (Wildman–Crippen MR) is 99.1 cm³/mol. The molecule has 0 radical (unpaired) electrons. The van der Waals surface area contributed by atoms with Crippen molar-refractivity contribution in [1.29, 1.82) is 0 Å². The van der Waals surface area contributed by atoms with Crippen molar-refractivity contribution < 1.29 is 9.31 Å². The Balaban J connectivity index is 1.91. The third kappa shape index (κ3) is 3.40. The average Bonchev–Trinajstić information content (AvgIpc) is 2.68. The van der Waals surface area contributed by atoms with E-state index in [-0.39, 0.29) is 5.69 Å². The summed E-state index contributed by atoms with van der Waals surface area (Å²) in [6.45, 7) is 0. The summed E-state index contributed by atoms with van der Waals surface area (Å²) in [6.07, 6.45) is 3.25. The lowest BCUT2D eigenvalue weighted by molar-refractivity contribution is -0.384. The van der Waals surface area contributed by atoms with Gasteiger partial charge in [0.15, 0.2) is 5.82 Å². The van der Waals surface area contributed by atoms with Crippen LogP contribution in [0.2, 0.25) is 0 Å². The van der Waals surface area contributed by atoms with Crippen LogP contribution in [0.3, 0.4) is 0 Å². The minimum Gasteiger partial charge on any atom is -0.340 e. The van der Waals surface area contributed by atoms with Crippen LogP contribution >= 0.6 is 0 Å². The molecule has 0 saturated heterocycles. The van der Waals surface area contributed by atoms with Crippen LogP contribution < -0.4 is 5.32 Å². The van der Waals surface area contributed by atoms with Gasteiger partial charge >= 0.3 is 0 Å². The summed E-state index contributed by atoms with van der Waals surface area (Å²) in [5.74, 6) is 0.373. The molecule has 0 unspecified atom stereocenters. The van der Waals surface area contributed by atoms with Gasteiger partial charge in [-0.05, 0) is 36.4 Å². The minimum atomic E-state index is -0.484. The molecule has 0 saturated carbocycles. The minimum absolute atomic E-state index is 0.0787. The Bertz CT molecular complexity index is 1150. The molecule has 132 valence electrons. The highest BCUT2D eigenvalue weighted by molar-refractivity contribution is 5.93. The molecule has 0 aliphatic heterocycles. The molecule has 2 heterocycles. The third-order valence-corrected chi connectivity index (χ3v) is 3.92. The Morgan fingerprint density at radius 2 is 1.81 bits per heavy atom. The van der Waals surface area contributed by atoms with Crippen molar-refractivity contribution in [3.63, 3.8) is 0 Å². The fourth-order valence-electron chi connectivity index (χ4n) is 2.66. The summed E-state index contributed by atoms with van der Waals surface area (Å²) in [4.78, 5) is 23.6. The number of nitro groups is 1. The molecule has 27 heavy (non-hydrogen) atoms. The monoisotopic (exact) mass is 361 g/mol. The number of nitrogens with zero attached hydrogens (tertiary/aromatic N) is 4. The van der Waals surface area contributed by atoms with Gasteiger partial charge in [-0.3, -0.25) is 15.1 Å². The van der Waals surface area contributed by atoms with Crippen molar-refractivity contribution in [2.24, 2.45) is 0 Å².